The average molecular weight is 500 g/mol. The molecular weight excluding hydrogens is 490 g/mol. The Morgan fingerprint density at radius 1 is 1.00 bits per heavy atom. The standard InChI is InChI=1S/C13H10Br3NO3S/c14-9-2-4-12(11(16)6-9)17-21(19,20)13-5-8(7-18)1-3-10(13)15/h1-6,17-18H,7H2. The van der Waals surface area contributed by atoms with Crippen molar-refractivity contribution < 1.29 is 13.5 Å². The van der Waals surface area contributed by atoms with Crippen molar-refractivity contribution in [3.8, 4) is 0 Å². The fourth-order valence-corrected chi connectivity index (χ4v) is 5.00. The maximum absolute atomic E-state index is 12.5. The largest absolute Gasteiger partial charge is 0.392 e. The Balaban J connectivity index is 2.43. The maximum atomic E-state index is 12.5. The Morgan fingerprint density at radius 3 is 2.33 bits per heavy atom. The number of aliphatic hydroxyl groups is 1. The van der Waals surface area contributed by atoms with E-state index < -0.39 is 10.0 Å². The van der Waals surface area contributed by atoms with Gasteiger partial charge < -0.3 is 5.11 Å². The first-order chi connectivity index (χ1) is 9.83. The van der Waals surface area contributed by atoms with Crippen LogP contribution in [0, 0.1) is 0 Å². The molecule has 2 aromatic carbocycles. The van der Waals surface area contributed by atoms with Crippen LogP contribution in [0.3, 0.4) is 0 Å². The fraction of sp³-hybridized carbons (Fsp3) is 0.0769. The molecule has 0 aliphatic heterocycles. The summed E-state index contributed by atoms with van der Waals surface area (Å²) in [5, 5.41) is 9.14. The van der Waals surface area contributed by atoms with E-state index in [2.05, 4.69) is 52.5 Å². The van der Waals surface area contributed by atoms with E-state index in [1.807, 2.05) is 0 Å². The Kier molecular flexibility index (Phi) is 5.48. The molecule has 0 unspecified atom stereocenters. The van der Waals surface area contributed by atoms with E-state index in [1.165, 1.54) is 6.07 Å². The molecule has 0 aliphatic carbocycles. The quantitative estimate of drug-likeness (QED) is 0.660. The van der Waals surface area contributed by atoms with Crippen molar-refractivity contribution in [1.82, 2.24) is 0 Å². The second-order valence-electron chi connectivity index (χ2n) is 4.15. The van der Waals surface area contributed by atoms with Crippen LogP contribution in [-0.2, 0) is 16.6 Å². The minimum atomic E-state index is -3.77. The van der Waals surface area contributed by atoms with Gasteiger partial charge in [0.1, 0.15) is 4.90 Å². The van der Waals surface area contributed by atoms with Crippen LogP contribution in [0.2, 0.25) is 0 Å². The highest BCUT2D eigenvalue weighted by Gasteiger charge is 2.19. The van der Waals surface area contributed by atoms with Crippen molar-refractivity contribution in [3.63, 3.8) is 0 Å². The molecule has 0 fully saturated rings. The van der Waals surface area contributed by atoms with Gasteiger partial charge in [-0.1, -0.05) is 22.0 Å². The Hall–Kier alpha value is -0.410. The number of rotatable bonds is 4. The summed E-state index contributed by atoms with van der Waals surface area (Å²) in [6.07, 6.45) is 0. The van der Waals surface area contributed by atoms with Crippen LogP contribution in [-0.4, -0.2) is 13.5 Å². The molecule has 0 aliphatic rings. The van der Waals surface area contributed by atoms with Gasteiger partial charge in [-0.3, -0.25) is 4.72 Å². The third kappa shape index (κ3) is 4.07. The van der Waals surface area contributed by atoms with E-state index in [4.69, 9.17) is 5.11 Å². The van der Waals surface area contributed by atoms with Crippen molar-refractivity contribution in [2.75, 3.05) is 4.72 Å². The minimum absolute atomic E-state index is 0.0730. The fourth-order valence-electron chi connectivity index (χ4n) is 1.62. The van der Waals surface area contributed by atoms with Gasteiger partial charge in [0.05, 0.1) is 12.3 Å². The molecule has 0 amide bonds. The summed E-state index contributed by atoms with van der Waals surface area (Å²) in [5.74, 6) is 0. The molecule has 0 bridgehead atoms. The van der Waals surface area contributed by atoms with E-state index in [0.717, 1.165) is 4.47 Å². The number of aliphatic hydroxyl groups excluding tert-OH is 1. The van der Waals surface area contributed by atoms with Crippen LogP contribution in [0.5, 0.6) is 0 Å². The van der Waals surface area contributed by atoms with Gasteiger partial charge in [-0.15, -0.1) is 0 Å². The van der Waals surface area contributed by atoms with Crippen LogP contribution < -0.4 is 4.72 Å². The van der Waals surface area contributed by atoms with Crippen LogP contribution in [0.25, 0.3) is 0 Å². The molecule has 0 atom stereocenters. The highest BCUT2D eigenvalue weighted by molar-refractivity contribution is 9.11. The van der Waals surface area contributed by atoms with Crippen molar-refractivity contribution in [2.45, 2.75) is 11.5 Å². The van der Waals surface area contributed by atoms with Crippen molar-refractivity contribution in [1.29, 1.82) is 0 Å². The number of benzene rings is 2. The first-order valence-corrected chi connectivity index (χ1v) is 9.57. The minimum Gasteiger partial charge on any atom is -0.392 e. The van der Waals surface area contributed by atoms with E-state index in [-0.39, 0.29) is 11.5 Å². The molecule has 2 aromatic rings. The molecule has 2 rings (SSSR count). The summed E-state index contributed by atoms with van der Waals surface area (Å²) in [4.78, 5) is 0.0730. The summed E-state index contributed by atoms with van der Waals surface area (Å²) < 4.78 is 29.3. The normalized spacial score (nSPS) is 11.4. The Labute approximate surface area is 148 Å². The third-order valence-corrected chi connectivity index (χ3v) is 6.15. The van der Waals surface area contributed by atoms with Gasteiger partial charge in [0, 0.05) is 13.4 Å². The molecule has 8 heteroatoms. The zero-order chi connectivity index (χ0) is 15.6. The average Bonchev–Trinajstić information content (AvgIpc) is 2.42. The summed E-state index contributed by atoms with van der Waals surface area (Å²) in [5.41, 5.74) is 0.952. The molecule has 0 heterocycles. The molecule has 2 N–H and O–H groups in total. The summed E-state index contributed by atoms with van der Waals surface area (Å²) in [7, 11) is -3.77. The van der Waals surface area contributed by atoms with Gasteiger partial charge in [-0.05, 0) is 67.8 Å². The second kappa shape index (κ2) is 6.78. The Morgan fingerprint density at radius 2 is 1.71 bits per heavy atom. The van der Waals surface area contributed by atoms with E-state index >= 15 is 0 Å². The van der Waals surface area contributed by atoms with Crippen molar-refractivity contribution >= 4 is 63.5 Å². The highest BCUT2D eigenvalue weighted by atomic mass is 79.9. The summed E-state index contributed by atoms with van der Waals surface area (Å²) in [6, 6.07) is 9.81. The number of hydrogen-bond donors (Lipinski definition) is 2. The second-order valence-corrected chi connectivity index (χ2v) is 8.43. The zero-order valence-corrected chi connectivity index (χ0v) is 16.1. The van der Waals surface area contributed by atoms with Gasteiger partial charge in [0.15, 0.2) is 0 Å². The molecule has 112 valence electrons. The summed E-state index contributed by atoms with van der Waals surface area (Å²) >= 11 is 9.84. The molecule has 0 radical (unpaired) electrons. The summed E-state index contributed by atoms with van der Waals surface area (Å²) in [6.45, 7) is -0.224. The zero-order valence-electron chi connectivity index (χ0n) is 10.5. The first-order valence-electron chi connectivity index (χ1n) is 5.70. The highest BCUT2D eigenvalue weighted by Crippen LogP contribution is 2.30. The van der Waals surface area contributed by atoms with Gasteiger partial charge >= 0.3 is 0 Å². The van der Waals surface area contributed by atoms with E-state index in [9.17, 15) is 8.42 Å². The van der Waals surface area contributed by atoms with Crippen LogP contribution in [0.4, 0.5) is 5.69 Å². The van der Waals surface area contributed by atoms with Crippen molar-refractivity contribution in [3.05, 3.63) is 55.4 Å². The number of anilines is 1. The predicted molar refractivity (Wildman–Crippen MR) is 92.7 cm³/mol. The van der Waals surface area contributed by atoms with Gasteiger partial charge in [0.25, 0.3) is 10.0 Å². The van der Waals surface area contributed by atoms with Gasteiger partial charge in [-0.25, -0.2) is 8.42 Å². The molecule has 21 heavy (non-hydrogen) atoms. The lowest BCUT2D eigenvalue weighted by atomic mass is 10.2. The van der Waals surface area contributed by atoms with E-state index in [0.29, 0.717) is 20.2 Å². The lowest BCUT2D eigenvalue weighted by Crippen LogP contribution is -2.14. The number of sulfonamides is 1. The molecule has 0 spiro atoms. The Bertz CT molecular complexity index is 778. The van der Waals surface area contributed by atoms with Gasteiger partial charge in [-0.2, -0.15) is 0 Å². The van der Waals surface area contributed by atoms with Crippen LogP contribution in [0.1, 0.15) is 5.56 Å². The maximum Gasteiger partial charge on any atom is 0.263 e. The number of halogens is 3. The van der Waals surface area contributed by atoms with Crippen LogP contribution in [0.15, 0.2) is 54.7 Å². The molecule has 0 aromatic heterocycles. The molecular formula is C13H10Br3NO3S. The van der Waals surface area contributed by atoms with Crippen molar-refractivity contribution in [2.24, 2.45) is 0 Å². The molecule has 0 saturated heterocycles. The number of nitrogens with one attached hydrogen (secondary N) is 1. The molecule has 4 nitrogen and oxygen atoms in total. The van der Waals surface area contributed by atoms with Crippen LogP contribution >= 0.6 is 47.8 Å². The third-order valence-electron chi connectivity index (χ3n) is 2.64. The smallest absolute Gasteiger partial charge is 0.263 e. The molecule has 0 saturated carbocycles. The van der Waals surface area contributed by atoms with E-state index in [1.54, 1.807) is 30.3 Å². The van der Waals surface area contributed by atoms with Gasteiger partial charge in [0.2, 0.25) is 0 Å². The first kappa shape index (κ1) is 17.0. The topological polar surface area (TPSA) is 66.4 Å². The lowest BCUT2D eigenvalue weighted by molar-refractivity contribution is 0.281. The number of hydrogen-bond acceptors (Lipinski definition) is 3. The SMILES string of the molecule is O=S(=O)(Nc1ccc(Br)cc1Br)c1cc(CO)ccc1Br. The predicted octanol–water partition coefficient (Wildman–Crippen LogP) is 4.27. The monoisotopic (exact) mass is 497 g/mol. The lowest BCUT2D eigenvalue weighted by Gasteiger charge is -2.12.